The van der Waals surface area contributed by atoms with Crippen LogP contribution in [0.1, 0.15) is 111 Å². The van der Waals surface area contributed by atoms with E-state index in [2.05, 4.69) is 167 Å². The van der Waals surface area contributed by atoms with Crippen molar-refractivity contribution in [3.05, 3.63) is 355 Å². The Morgan fingerprint density at radius 2 is 0.556 bits per heavy atom. The molecule has 12 aromatic carbocycles. The van der Waals surface area contributed by atoms with Crippen molar-refractivity contribution in [2.75, 3.05) is 74.2 Å². The minimum Gasteiger partial charge on any atom is -0.489 e. The maximum absolute atomic E-state index is 13.9. The number of para-hydroxylation sites is 6. The molecule has 133 heavy (non-hydrogen) atoms. The number of carbonyl (C=O) groups is 6. The van der Waals surface area contributed by atoms with E-state index in [0.29, 0.717) is 60.7 Å². The Morgan fingerprint density at radius 1 is 0.308 bits per heavy atom. The van der Waals surface area contributed by atoms with Gasteiger partial charge in [0.05, 0.1) is 39.1 Å². The standard InChI is InChI=1S/C19H22N2O2.C18H22N2O2.C17H19BrN2O2.C17H19ClN2O2.C17H19FN2O2.C17H19IN2O2/c1-5-15-7-6-8-16(18(15)21-19(22)20-4)12-23-17-10-9-13(2)11-14(17)3;1-12-8-9-16(14(3)10-12)22-11-15-7-5-6-13(2)17(15)20-18(21)19-4;4*1-11-7-8-15(12(2)9-11)22-10-13-5-4-6-14(18)16(13)20-17(21)19-3/h5-11H,1,12H2,2-4H3,(H2,20,21,22);5-10H,11H2,1-4H3,(H2,19,20,21);4*4-9H,10H2,1-3H3,(H2,19,20,21). The number of benzene rings is 12. The van der Waals surface area contributed by atoms with Gasteiger partial charge in [-0.05, 0) is 234 Å². The van der Waals surface area contributed by atoms with Gasteiger partial charge in [0.25, 0.3) is 0 Å². The van der Waals surface area contributed by atoms with E-state index in [1.807, 2.05) is 226 Å². The van der Waals surface area contributed by atoms with Gasteiger partial charge in [0, 0.05) is 83.7 Å². The van der Waals surface area contributed by atoms with E-state index in [1.54, 1.807) is 59.5 Å². The highest BCUT2D eigenvalue weighted by molar-refractivity contribution is 14.1. The average molecular weight is 2000 g/mol. The lowest BCUT2D eigenvalue weighted by molar-refractivity contribution is 0.253. The summed E-state index contributed by atoms with van der Waals surface area (Å²) in [5, 5.41) is 32.2. The summed E-state index contributed by atoms with van der Waals surface area (Å²) >= 11 is 11.8. The Kier molecular flexibility index (Phi) is 43.3. The van der Waals surface area contributed by atoms with E-state index in [1.165, 1.54) is 40.9 Å². The number of halogens is 4. The van der Waals surface area contributed by atoms with Crippen molar-refractivity contribution in [2.24, 2.45) is 0 Å². The first-order chi connectivity index (χ1) is 63.6. The van der Waals surface area contributed by atoms with Gasteiger partial charge in [-0.2, -0.15) is 0 Å². The summed E-state index contributed by atoms with van der Waals surface area (Å²) in [7, 11) is 9.38. The van der Waals surface area contributed by atoms with Crippen molar-refractivity contribution in [3.8, 4) is 34.5 Å². The lowest BCUT2D eigenvalue weighted by Gasteiger charge is -2.15. The monoisotopic (exact) mass is 2000 g/mol. The van der Waals surface area contributed by atoms with E-state index in [0.717, 1.165) is 132 Å². The number of anilines is 6. The number of nitrogens with one attached hydrogen (secondary N) is 12. The van der Waals surface area contributed by atoms with Crippen LogP contribution in [-0.4, -0.2) is 78.5 Å². The van der Waals surface area contributed by atoms with Crippen LogP contribution in [0, 0.1) is 99.4 Å². The molecule has 0 spiro atoms. The number of carbonyl (C=O) groups excluding carboxylic acids is 6. The molecule has 28 heteroatoms. The summed E-state index contributed by atoms with van der Waals surface area (Å²) in [5.41, 5.74) is 24.3. The Morgan fingerprint density at radius 3 is 0.895 bits per heavy atom. The summed E-state index contributed by atoms with van der Waals surface area (Å²) in [6.45, 7) is 32.1. The number of rotatable bonds is 25. The molecule has 12 aromatic rings. The molecule has 24 nitrogen and oxygen atoms in total. The summed E-state index contributed by atoms with van der Waals surface area (Å²) in [5.74, 6) is 4.46. The Balaban J connectivity index is 0.000000218. The fourth-order valence-electron chi connectivity index (χ4n) is 13.2. The highest BCUT2D eigenvalue weighted by Crippen LogP contribution is 2.35. The number of urea groups is 6. The zero-order valence-corrected chi connectivity index (χ0v) is 83.2. The highest BCUT2D eigenvalue weighted by atomic mass is 127. The molecular formula is C105H120BrClFIN12O12. The maximum Gasteiger partial charge on any atom is 0.319 e. The second-order valence-electron chi connectivity index (χ2n) is 30.9. The Hall–Kier alpha value is -13.8. The van der Waals surface area contributed by atoms with Crippen molar-refractivity contribution < 1.29 is 61.6 Å². The first-order valence-electron chi connectivity index (χ1n) is 42.6. The molecule has 0 saturated heterocycles. The smallest absolute Gasteiger partial charge is 0.319 e. The van der Waals surface area contributed by atoms with E-state index < -0.39 is 11.8 Å². The topological polar surface area (TPSA) is 302 Å². The molecule has 0 aromatic heterocycles. The van der Waals surface area contributed by atoms with Gasteiger partial charge in [-0.15, -0.1) is 0 Å². The second kappa shape index (κ2) is 54.1. The van der Waals surface area contributed by atoms with Crippen LogP contribution in [0.15, 0.2) is 229 Å². The van der Waals surface area contributed by atoms with Crippen LogP contribution >= 0.6 is 50.1 Å². The fourth-order valence-corrected chi connectivity index (χ4v) is 14.6. The molecule has 0 radical (unpaired) electrons. The van der Waals surface area contributed by atoms with Crippen molar-refractivity contribution in [3.63, 3.8) is 0 Å². The minimum absolute atomic E-state index is 0.131. The number of aryl methyl sites for hydroxylation is 13. The third-order valence-corrected chi connectivity index (χ3v) is 22.1. The van der Waals surface area contributed by atoms with Gasteiger partial charge >= 0.3 is 36.2 Å². The summed E-state index contributed by atoms with van der Waals surface area (Å²) in [6.07, 6.45) is 1.71. The van der Waals surface area contributed by atoms with Crippen LogP contribution < -0.4 is 92.2 Å². The van der Waals surface area contributed by atoms with Crippen molar-refractivity contribution in [1.82, 2.24) is 31.9 Å². The third-order valence-electron chi connectivity index (χ3n) is 20.2. The molecule has 0 aliphatic rings. The summed E-state index contributed by atoms with van der Waals surface area (Å²) < 4.78 is 51.0. The highest BCUT2D eigenvalue weighted by Gasteiger charge is 2.19. The van der Waals surface area contributed by atoms with Crippen molar-refractivity contribution in [1.29, 1.82) is 0 Å². The molecule has 0 fully saturated rings. The van der Waals surface area contributed by atoms with Crippen LogP contribution in [0.2, 0.25) is 5.02 Å². The van der Waals surface area contributed by atoms with E-state index in [9.17, 15) is 33.2 Å². The van der Waals surface area contributed by atoms with Gasteiger partial charge < -0.3 is 92.2 Å². The SMILES string of the molecule is C=Cc1cccc(COc2ccc(C)cc2C)c1NC(=O)NC.CNC(=O)Nc1c(Br)cccc1COc1ccc(C)cc1C.CNC(=O)Nc1c(C)cccc1COc1ccc(C)cc1C.CNC(=O)Nc1c(Cl)cccc1COc1ccc(C)cc1C.CNC(=O)Nc1c(F)cccc1COc1ccc(C)cc1C.CNC(=O)Nc1c(I)cccc1COc1ccc(C)cc1C. The zero-order valence-electron chi connectivity index (χ0n) is 78.7. The largest absolute Gasteiger partial charge is 0.489 e. The van der Waals surface area contributed by atoms with Crippen LogP contribution in [0.5, 0.6) is 34.5 Å². The lowest BCUT2D eigenvalue weighted by Crippen LogP contribution is -2.25. The summed E-state index contributed by atoms with van der Waals surface area (Å²) in [6, 6.07) is 67.7. The Labute approximate surface area is 807 Å². The van der Waals surface area contributed by atoms with Gasteiger partial charge in [0.1, 0.15) is 80.0 Å². The van der Waals surface area contributed by atoms with E-state index in [4.69, 9.17) is 40.0 Å². The molecule has 0 aliphatic carbocycles. The molecular weight excluding hydrogens is 1880 g/mol. The fraction of sp³-hybridized carbons (Fsp3) is 0.238. The third kappa shape index (κ3) is 34.2. The quantitative estimate of drug-likeness (QED) is 0.0238. The van der Waals surface area contributed by atoms with Gasteiger partial charge in [-0.25, -0.2) is 33.2 Å². The second-order valence-corrected chi connectivity index (χ2v) is 33.3. The average Bonchev–Trinajstić information content (AvgIpc) is 0.752. The van der Waals surface area contributed by atoms with Crippen molar-refractivity contribution >= 4 is 127 Å². The Bertz CT molecular complexity index is 5330. The molecule has 12 amide bonds. The molecule has 0 saturated carbocycles. The van der Waals surface area contributed by atoms with Gasteiger partial charge in [0.2, 0.25) is 0 Å². The minimum atomic E-state index is -0.495. The molecule has 0 bridgehead atoms. The molecule has 0 heterocycles. The van der Waals surface area contributed by atoms with Gasteiger partial charge in [-0.3, -0.25) is 0 Å². The van der Waals surface area contributed by atoms with E-state index >= 15 is 0 Å². The van der Waals surface area contributed by atoms with Crippen LogP contribution in [-0.2, 0) is 39.6 Å². The summed E-state index contributed by atoms with van der Waals surface area (Å²) in [4.78, 5) is 69.4. The van der Waals surface area contributed by atoms with Crippen LogP contribution in [0.3, 0.4) is 0 Å². The van der Waals surface area contributed by atoms with Crippen LogP contribution in [0.4, 0.5) is 67.3 Å². The molecule has 0 unspecified atom stereocenters. The first kappa shape index (κ1) is 106. The maximum atomic E-state index is 13.9. The molecule has 12 N–H and O–H groups in total. The van der Waals surface area contributed by atoms with Crippen LogP contribution in [0.25, 0.3) is 6.08 Å². The van der Waals surface area contributed by atoms with Gasteiger partial charge in [0.15, 0.2) is 0 Å². The van der Waals surface area contributed by atoms with Gasteiger partial charge in [-0.1, -0.05) is 215 Å². The first-order valence-corrected chi connectivity index (χ1v) is 44.9. The number of amides is 12. The normalized spacial score (nSPS) is 10.2. The molecule has 12 rings (SSSR count). The lowest BCUT2D eigenvalue weighted by atomic mass is 10.1. The molecule has 700 valence electrons. The number of ether oxygens (including phenoxy) is 6. The number of hydrogen-bond donors (Lipinski definition) is 12. The molecule has 0 aliphatic heterocycles. The predicted octanol–water partition coefficient (Wildman–Crippen LogP) is 24.9. The van der Waals surface area contributed by atoms with Crippen molar-refractivity contribution in [2.45, 2.75) is 130 Å². The zero-order chi connectivity index (χ0) is 97.4. The molecule has 0 atom stereocenters. The number of hydrogen-bond acceptors (Lipinski definition) is 12. The van der Waals surface area contributed by atoms with E-state index in [-0.39, 0.29) is 42.4 Å². The predicted molar refractivity (Wildman–Crippen MR) is 549 cm³/mol.